The van der Waals surface area contributed by atoms with Crippen molar-refractivity contribution in [1.29, 1.82) is 0 Å². The van der Waals surface area contributed by atoms with E-state index in [1.807, 2.05) is 0 Å². The first-order valence-electron chi connectivity index (χ1n) is 28.0. The second-order valence-corrected chi connectivity index (χ2v) is 24.0. The summed E-state index contributed by atoms with van der Waals surface area (Å²) in [5.74, 6) is 1.08. The molecule has 0 saturated heterocycles. The van der Waals surface area contributed by atoms with Gasteiger partial charge in [0.15, 0.2) is 0 Å². The maximum absolute atomic E-state index is 14.8. The molecule has 0 unspecified atom stereocenters. The Labute approximate surface area is 493 Å². The molecule has 424 valence electrons. The third-order valence-electron chi connectivity index (χ3n) is 15.3. The number of nitrogens with zero attached hydrogens (tertiary/aromatic N) is 4. The molecule has 14 heterocycles. The van der Waals surface area contributed by atoms with Gasteiger partial charge in [-0.25, -0.2) is 0 Å². The first-order valence-corrected chi connectivity index (χ1v) is 31.1. The van der Waals surface area contributed by atoms with Gasteiger partial charge in [-0.2, -0.15) is 0 Å². The lowest BCUT2D eigenvalue weighted by Gasteiger charge is -2.18. The lowest BCUT2D eigenvalue weighted by molar-refractivity contribution is 0.291. The molecule has 16 nitrogen and oxygen atoms in total. The van der Waals surface area contributed by atoms with Crippen molar-refractivity contribution in [2.24, 2.45) is 0 Å². The average molecular weight is 1350 g/mol. The Kier molecular flexibility index (Phi) is 19.1. The summed E-state index contributed by atoms with van der Waals surface area (Å²) in [6.07, 6.45) is 14.0. The number of aromatic nitrogens is 4. The highest BCUT2D eigenvalue weighted by Crippen LogP contribution is 2.39. The normalized spacial score (nSPS) is 12.7. The second-order valence-electron chi connectivity index (χ2n) is 20.8. The van der Waals surface area contributed by atoms with Gasteiger partial charge in [0.25, 0.3) is 44.5 Å². The highest BCUT2D eigenvalue weighted by molar-refractivity contribution is 9.11. The Balaban J connectivity index is 1.33. The summed E-state index contributed by atoms with van der Waals surface area (Å²) >= 11 is 14.1. The number of ether oxygens (including phenoxy) is 4. The predicted molar refractivity (Wildman–Crippen MR) is 328 cm³/mol. The van der Waals surface area contributed by atoms with Crippen molar-refractivity contribution in [2.45, 2.75) is 157 Å². The highest BCUT2D eigenvalue weighted by Gasteiger charge is 2.32. The van der Waals surface area contributed by atoms with Crippen LogP contribution in [0.25, 0.3) is 43.1 Å². The zero-order chi connectivity index (χ0) is 57.1. The van der Waals surface area contributed by atoms with Gasteiger partial charge in [-0.1, -0.05) is 105 Å². The fourth-order valence-corrected chi connectivity index (χ4v) is 13.8. The molecule has 16 bridgehead atoms. The van der Waals surface area contributed by atoms with E-state index in [2.05, 4.69) is 91.4 Å². The van der Waals surface area contributed by atoms with E-state index in [-0.39, 0.29) is 137 Å². The molecular weight excluding hydrogens is 1290 g/mol. The van der Waals surface area contributed by atoms with Gasteiger partial charge < -0.3 is 18.9 Å². The van der Waals surface area contributed by atoms with Gasteiger partial charge in [-0.3, -0.25) is 56.6 Å². The largest absolute Gasteiger partial charge is 0.493 e. The van der Waals surface area contributed by atoms with Crippen molar-refractivity contribution in [2.75, 3.05) is 26.4 Å². The van der Waals surface area contributed by atoms with Crippen LogP contribution in [0.1, 0.15) is 153 Å². The topological polar surface area (TPSA) is 193 Å². The van der Waals surface area contributed by atoms with Gasteiger partial charge in [0.1, 0.15) is 23.0 Å². The maximum atomic E-state index is 14.8. The van der Waals surface area contributed by atoms with Crippen molar-refractivity contribution in [3.05, 3.63) is 147 Å². The smallest absolute Gasteiger partial charge is 0.263 e. The van der Waals surface area contributed by atoms with Gasteiger partial charge in [-0.05, 0) is 114 Å². The Hall–Kier alpha value is -5.44. The van der Waals surface area contributed by atoms with Crippen LogP contribution >= 0.6 is 63.7 Å². The summed E-state index contributed by atoms with van der Waals surface area (Å²) in [7, 11) is 0. The molecule has 0 amide bonds. The van der Waals surface area contributed by atoms with E-state index in [4.69, 9.17) is 18.9 Å². The van der Waals surface area contributed by atoms with Crippen LogP contribution < -0.4 is 63.4 Å². The molecular formula is C60H64Br4N4O12. The SMILES string of the molecule is CCCCCCOc1cc2c(OCCCCCC)cc1Cn1c(=O)c3c(Br)c4c(=O)n(c(=O)c4c(Br)c3c1=O)Cc1cc(OCCCCCC)c(cc1OCCCCCC)Cn1c(=O)c3c(Br)c4c(=O)n(c(=O)c4c(Br)c3c1=O)C2. The van der Waals surface area contributed by atoms with E-state index in [1.54, 1.807) is 24.3 Å². The van der Waals surface area contributed by atoms with Crippen molar-refractivity contribution in [1.82, 2.24) is 18.3 Å². The molecule has 0 spiro atoms. The van der Waals surface area contributed by atoms with Crippen LogP contribution in [0, 0.1) is 0 Å². The minimum Gasteiger partial charge on any atom is -0.493 e. The van der Waals surface area contributed by atoms with E-state index >= 15 is 0 Å². The van der Waals surface area contributed by atoms with Crippen LogP contribution in [0.4, 0.5) is 0 Å². The molecule has 18 rings (SSSR count). The van der Waals surface area contributed by atoms with Crippen LogP contribution in [0.3, 0.4) is 0 Å². The zero-order valence-electron chi connectivity index (χ0n) is 45.5. The minimum atomic E-state index is -0.719. The van der Waals surface area contributed by atoms with Crippen LogP contribution in [-0.4, -0.2) is 44.7 Å². The van der Waals surface area contributed by atoms with Crippen molar-refractivity contribution in [3.8, 4) is 23.0 Å². The molecule has 10 aliphatic rings. The number of unbranched alkanes of at least 4 members (excludes halogenated alkanes) is 12. The van der Waals surface area contributed by atoms with E-state index < -0.39 is 44.5 Å². The fraction of sp³-hybridized carbons (Fsp3) is 0.467. The number of halogens is 4. The third kappa shape index (κ3) is 11.1. The van der Waals surface area contributed by atoms with Crippen LogP contribution in [0.2, 0.25) is 0 Å². The fourth-order valence-electron chi connectivity index (χ4n) is 10.9. The highest BCUT2D eigenvalue weighted by atomic mass is 79.9. The second kappa shape index (κ2) is 25.8. The third-order valence-corrected chi connectivity index (χ3v) is 18.4. The van der Waals surface area contributed by atoms with Gasteiger partial charge in [0.2, 0.25) is 0 Å². The van der Waals surface area contributed by atoms with Gasteiger partial charge in [0.05, 0.1) is 95.7 Å². The lowest BCUT2D eigenvalue weighted by Crippen LogP contribution is -2.28. The molecule has 0 atom stereocenters. The lowest BCUT2D eigenvalue weighted by atomic mass is 10.1. The van der Waals surface area contributed by atoms with Gasteiger partial charge in [0, 0.05) is 40.1 Å². The monoisotopic (exact) mass is 1350 g/mol. The number of hydrogen-bond acceptors (Lipinski definition) is 12. The summed E-state index contributed by atoms with van der Waals surface area (Å²) in [6, 6.07) is 6.62. The number of benzene rings is 4. The molecule has 10 aliphatic heterocycles. The van der Waals surface area contributed by atoms with E-state index in [0.29, 0.717) is 47.9 Å². The summed E-state index contributed by atoms with van der Waals surface area (Å²) in [6.45, 7) is 8.14. The summed E-state index contributed by atoms with van der Waals surface area (Å²) in [4.78, 5) is 119. The molecule has 20 heteroatoms. The Morgan fingerprint density at radius 1 is 0.300 bits per heavy atom. The van der Waals surface area contributed by atoms with Crippen molar-refractivity contribution >= 4 is 107 Å². The first-order chi connectivity index (χ1) is 38.6. The number of rotatable bonds is 24. The average Bonchev–Trinajstić information content (AvgIpc) is 4.11. The first kappa shape index (κ1) is 59.2. The molecule has 8 aromatic rings. The van der Waals surface area contributed by atoms with Crippen LogP contribution in [-0.2, 0) is 26.2 Å². The van der Waals surface area contributed by atoms with Gasteiger partial charge in [-0.15, -0.1) is 0 Å². The van der Waals surface area contributed by atoms with Crippen LogP contribution in [0.15, 0.2) is 80.5 Å². The molecule has 0 radical (unpaired) electrons. The van der Waals surface area contributed by atoms with Crippen molar-refractivity contribution < 1.29 is 18.9 Å². The van der Waals surface area contributed by atoms with E-state index in [9.17, 15) is 38.4 Å². The molecule has 4 aromatic heterocycles. The molecule has 0 aliphatic carbocycles. The van der Waals surface area contributed by atoms with E-state index in [1.165, 1.54) is 0 Å². The molecule has 4 aromatic carbocycles. The summed E-state index contributed by atoms with van der Waals surface area (Å²) < 4.78 is 30.0. The van der Waals surface area contributed by atoms with Gasteiger partial charge >= 0.3 is 0 Å². The molecule has 0 saturated carbocycles. The molecule has 0 N–H and O–H groups in total. The molecule has 80 heavy (non-hydrogen) atoms. The summed E-state index contributed by atoms with van der Waals surface area (Å²) in [5.41, 5.74) is -4.22. The quantitative estimate of drug-likeness (QED) is 0.0521. The standard InChI is InChI=1S/C60H64Br4N4O12/c1-5-9-13-17-21-77-37-25-34-30-66-55(71)43-44(56(66)72)52(64)48-47(51(43)63)59(75)68(60(48)76)32-36-28-39(79-23-19-15-11-7-3)35(27-40(36)80-24-20-16-12-8-4)31-67-57(73)45-46(58(67)74)50(62)42-41(49(45)61)53(69)65(54(42)70)29-33(37)26-38(34)78-22-18-14-10-6-2/h25-28H,5-24,29-32H2,1-4H3. The summed E-state index contributed by atoms with van der Waals surface area (Å²) in [5, 5.41) is -0.780. The molecule has 0 fully saturated rings. The maximum Gasteiger partial charge on any atom is 0.263 e. The Bertz CT molecular complexity index is 3430. The zero-order valence-corrected chi connectivity index (χ0v) is 51.8. The Morgan fingerprint density at radius 2 is 0.475 bits per heavy atom. The number of hydrogen-bond donors (Lipinski definition) is 0. The predicted octanol–water partition coefficient (Wildman–Crippen LogP) is 11.5. The minimum absolute atomic E-state index is 0.0136. The Morgan fingerprint density at radius 3 is 0.637 bits per heavy atom. The van der Waals surface area contributed by atoms with Crippen molar-refractivity contribution in [3.63, 3.8) is 0 Å². The van der Waals surface area contributed by atoms with E-state index in [0.717, 1.165) is 95.3 Å². The van der Waals surface area contributed by atoms with Crippen LogP contribution in [0.5, 0.6) is 23.0 Å².